The van der Waals surface area contributed by atoms with Crippen LogP contribution in [0.4, 0.5) is 0 Å². The molecular weight excluding hydrogens is 356 g/mol. The van der Waals surface area contributed by atoms with Gasteiger partial charge in [0.05, 0.1) is 4.90 Å². The van der Waals surface area contributed by atoms with Crippen LogP contribution in [0.1, 0.15) is 28.9 Å². The Kier molecular flexibility index (Phi) is 5.19. The van der Waals surface area contributed by atoms with Crippen molar-refractivity contribution >= 4 is 15.9 Å². The van der Waals surface area contributed by atoms with Crippen LogP contribution < -0.4 is 10.9 Å². The molecule has 1 aliphatic rings. The Morgan fingerprint density at radius 3 is 2.38 bits per heavy atom. The first-order valence-electron chi connectivity index (χ1n) is 8.29. The third kappa shape index (κ3) is 3.83. The lowest BCUT2D eigenvalue weighted by molar-refractivity contribution is 0.0943. The summed E-state index contributed by atoms with van der Waals surface area (Å²) in [5.41, 5.74) is 0.611. The van der Waals surface area contributed by atoms with E-state index in [0.717, 1.165) is 23.1 Å². The van der Waals surface area contributed by atoms with E-state index >= 15 is 0 Å². The van der Waals surface area contributed by atoms with Gasteiger partial charge in [0.25, 0.3) is 11.5 Å². The molecule has 138 valence electrons. The van der Waals surface area contributed by atoms with Crippen LogP contribution in [0, 0.1) is 0 Å². The second-order valence-electron chi connectivity index (χ2n) is 6.12. The minimum absolute atomic E-state index is 0.139. The Morgan fingerprint density at radius 1 is 1.12 bits per heavy atom. The van der Waals surface area contributed by atoms with Gasteiger partial charge in [0, 0.05) is 32.7 Å². The van der Waals surface area contributed by atoms with Crippen molar-refractivity contribution in [3.05, 3.63) is 58.0 Å². The summed E-state index contributed by atoms with van der Waals surface area (Å²) in [6.07, 6.45) is 1.78. The summed E-state index contributed by atoms with van der Waals surface area (Å²) in [7, 11) is -1.96. The molecule has 2 aromatic rings. The molecule has 3 rings (SSSR count). The molecule has 0 radical (unpaired) electrons. The largest absolute Gasteiger partial charge is 0.347 e. The number of rotatable bonds is 5. The monoisotopic (exact) mass is 376 g/mol. The number of nitrogens with one attached hydrogen (secondary N) is 1. The van der Waals surface area contributed by atoms with Gasteiger partial charge in [-0.15, -0.1) is 0 Å². The molecule has 0 atom stereocenters. The molecule has 1 fully saturated rings. The highest BCUT2D eigenvalue weighted by Gasteiger charge is 2.26. The molecule has 0 aliphatic carbocycles. The molecule has 2 heterocycles. The van der Waals surface area contributed by atoms with E-state index in [0.29, 0.717) is 13.1 Å². The first-order chi connectivity index (χ1) is 12.4. The minimum Gasteiger partial charge on any atom is -0.347 e. The summed E-state index contributed by atoms with van der Waals surface area (Å²) in [5, 5.41) is 6.58. The van der Waals surface area contributed by atoms with E-state index in [1.807, 2.05) is 0 Å². The molecular formula is C17H20N4O4S. The van der Waals surface area contributed by atoms with E-state index in [1.165, 1.54) is 23.5 Å². The van der Waals surface area contributed by atoms with Crippen molar-refractivity contribution in [2.45, 2.75) is 24.3 Å². The second-order valence-corrected chi connectivity index (χ2v) is 8.06. The van der Waals surface area contributed by atoms with Crippen LogP contribution in [0.3, 0.4) is 0 Å². The maximum absolute atomic E-state index is 12.5. The zero-order chi connectivity index (χ0) is 18.7. The quantitative estimate of drug-likeness (QED) is 0.819. The normalized spacial score (nSPS) is 15.1. The highest BCUT2D eigenvalue weighted by Crippen LogP contribution is 2.21. The zero-order valence-corrected chi connectivity index (χ0v) is 15.2. The summed E-state index contributed by atoms with van der Waals surface area (Å²) in [5.74, 6) is -0.408. The van der Waals surface area contributed by atoms with Crippen molar-refractivity contribution in [1.82, 2.24) is 19.4 Å². The van der Waals surface area contributed by atoms with Crippen molar-refractivity contribution in [2.75, 3.05) is 13.1 Å². The van der Waals surface area contributed by atoms with Crippen LogP contribution in [0.15, 0.2) is 46.1 Å². The molecule has 1 aromatic carbocycles. The van der Waals surface area contributed by atoms with Gasteiger partial charge in [-0.1, -0.05) is 12.1 Å². The van der Waals surface area contributed by atoms with Crippen molar-refractivity contribution in [2.24, 2.45) is 7.05 Å². The predicted octanol–water partition coefficient (Wildman–Crippen LogP) is 0.495. The van der Waals surface area contributed by atoms with Gasteiger partial charge in [0.15, 0.2) is 0 Å². The molecule has 1 N–H and O–H groups in total. The highest BCUT2D eigenvalue weighted by molar-refractivity contribution is 7.89. The van der Waals surface area contributed by atoms with Crippen LogP contribution in [0.5, 0.6) is 0 Å². The lowest BCUT2D eigenvalue weighted by Crippen LogP contribution is -2.28. The Bertz CT molecular complexity index is 961. The summed E-state index contributed by atoms with van der Waals surface area (Å²) >= 11 is 0. The van der Waals surface area contributed by atoms with Crippen molar-refractivity contribution in [1.29, 1.82) is 0 Å². The van der Waals surface area contributed by atoms with Crippen LogP contribution in [0.25, 0.3) is 0 Å². The number of aromatic nitrogens is 2. The minimum atomic E-state index is -3.43. The second kappa shape index (κ2) is 7.38. The number of sulfonamides is 1. The maximum Gasteiger partial charge on any atom is 0.271 e. The lowest BCUT2D eigenvalue weighted by atomic mass is 10.2. The maximum atomic E-state index is 12.5. The number of carbonyl (C=O) groups is 1. The molecule has 9 heteroatoms. The average molecular weight is 376 g/mol. The number of nitrogens with zero attached hydrogens (tertiary/aromatic N) is 3. The van der Waals surface area contributed by atoms with Crippen LogP contribution >= 0.6 is 0 Å². The first kappa shape index (κ1) is 18.3. The molecule has 0 unspecified atom stereocenters. The fourth-order valence-electron chi connectivity index (χ4n) is 2.75. The van der Waals surface area contributed by atoms with Gasteiger partial charge in [0.1, 0.15) is 5.69 Å². The fraction of sp³-hybridized carbons (Fsp3) is 0.353. The van der Waals surface area contributed by atoms with Gasteiger partial charge in [0.2, 0.25) is 10.0 Å². The Labute approximate surface area is 151 Å². The van der Waals surface area contributed by atoms with Crippen LogP contribution in [0.2, 0.25) is 0 Å². The van der Waals surface area contributed by atoms with Gasteiger partial charge in [-0.3, -0.25) is 9.59 Å². The molecule has 26 heavy (non-hydrogen) atoms. The third-order valence-electron chi connectivity index (χ3n) is 4.27. The third-order valence-corrected chi connectivity index (χ3v) is 6.19. The lowest BCUT2D eigenvalue weighted by Gasteiger charge is -2.15. The molecule has 1 aromatic heterocycles. The predicted molar refractivity (Wildman–Crippen MR) is 95.1 cm³/mol. The topological polar surface area (TPSA) is 101 Å². The summed E-state index contributed by atoms with van der Waals surface area (Å²) < 4.78 is 27.5. The summed E-state index contributed by atoms with van der Waals surface area (Å²) in [6, 6.07) is 9.11. The first-order valence-corrected chi connectivity index (χ1v) is 9.73. The number of aryl methyl sites for hydroxylation is 1. The Morgan fingerprint density at radius 2 is 1.77 bits per heavy atom. The number of amides is 1. The molecule has 1 saturated heterocycles. The Hall–Kier alpha value is -2.52. The van der Waals surface area contributed by atoms with E-state index < -0.39 is 15.9 Å². The van der Waals surface area contributed by atoms with Gasteiger partial charge in [-0.2, -0.15) is 9.40 Å². The van der Waals surface area contributed by atoms with Gasteiger partial charge in [-0.25, -0.2) is 13.1 Å². The molecule has 8 nitrogen and oxygen atoms in total. The molecule has 0 bridgehead atoms. The highest BCUT2D eigenvalue weighted by atomic mass is 32.2. The molecule has 0 saturated carbocycles. The van der Waals surface area contributed by atoms with Crippen molar-refractivity contribution < 1.29 is 13.2 Å². The van der Waals surface area contributed by atoms with E-state index in [9.17, 15) is 18.0 Å². The number of hydrogen-bond acceptors (Lipinski definition) is 5. The number of carbonyl (C=O) groups excluding carboxylic acids is 1. The number of hydrogen-bond donors (Lipinski definition) is 1. The SMILES string of the molecule is Cn1nc(C(=O)NCc2ccc(S(=O)(=O)N3CCCC3)cc2)ccc1=O. The van der Waals surface area contributed by atoms with Crippen LogP contribution in [-0.4, -0.2) is 41.5 Å². The van der Waals surface area contributed by atoms with Crippen molar-refractivity contribution in [3.63, 3.8) is 0 Å². The van der Waals surface area contributed by atoms with Gasteiger partial charge in [-0.05, 0) is 36.6 Å². The Balaban J connectivity index is 1.65. The standard InChI is InChI=1S/C17H20N4O4S/c1-20-16(22)9-8-15(19-20)17(23)18-12-13-4-6-14(7-5-13)26(24,25)21-10-2-3-11-21/h4-9H,2-3,10-12H2,1H3,(H,18,23). The smallest absolute Gasteiger partial charge is 0.271 e. The number of benzene rings is 1. The van der Waals surface area contributed by atoms with E-state index in [4.69, 9.17) is 0 Å². The van der Waals surface area contributed by atoms with E-state index in [-0.39, 0.29) is 22.7 Å². The van der Waals surface area contributed by atoms with Gasteiger partial charge >= 0.3 is 0 Å². The molecule has 1 aliphatic heterocycles. The zero-order valence-electron chi connectivity index (χ0n) is 14.4. The molecule has 1 amide bonds. The van der Waals surface area contributed by atoms with E-state index in [2.05, 4.69) is 10.4 Å². The average Bonchev–Trinajstić information content (AvgIpc) is 3.18. The van der Waals surface area contributed by atoms with E-state index in [1.54, 1.807) is 24.3 Å². The fourth-order valence-corrected chi connectivity index (χ4v) is 4.27. The van der Waals surface area contributed by atoms with Crippen molar-refractivity contribution in [3.8, 4) is 0 Å². The van der Waals surface area contributed by atoms with Gasteiger partial charge < -0.3 is 5.32 Å². The summed E-state index contributed by atoms with van der Waals surface area (Å²) in [4.78, 5) is 23.6. The summed E-state index contributed by atoms with van der Waals surface area (Å²) in [6.45, 7) is 1.35. The van der Waals surface area contributed by atoms with Crippen LogP contribution in [-0.2, 0) is 23.6 Å². The molecule has 0 spiro atoms.